The number of hydrogen-bond acceptors (Lipinski definition) is 4. The molecule has 2 rings (SSSR count). The zero-order valence-corrected chi connectivity index (χ0v) is 11.0. The third kappa shape index (κ3) is 3.11. The first kappa shape index (κ1) is 13.5. The molecule has 1 atom stereocenters. The Morgan fingerprint density at radius 2 is 2.39 bits per heavy atom. The second-order valence-corrected chi connectivity index (χ2v) is 4.99. The largest absolute Gasteiger partial charge is 0.386 e. The molecule has 1 aromatic heterocycles. The van der Waals surface area contributed by atoms with Crippen LogP contribution in [0.1, 0.15) is 16.8 Å². The summed E-state index contributed by atoms with van der Waals surface area (Å²) < 4.78 is 5.08. The van der Waals surface area contributed by atoms with Gasteiger partial charge in [-0.3, -0.25) is 4.79 Å². The van der Waals surface area contributed by atoms with Gasteiger partial charge in [0.2, 0.25) is 0 Å². The lowest BCUT2D eigenvalue weighted by atomic mass is 10.0. The van der Waals surface area contributed by atoms with E-state index in [4.69, 9.17) is 27.9 Å². The third-order valence-electron chi connectivity index (χ3n) is 2.73. The molecule has 1 amide bonds. The van der Waals surface area contributed by atoms with E-state index in [9.17, 15) is 9.90 Å². The summed E-state index contributed by atoms with van der Waals surface area (Å²) in [6, 6.07) is 1.38. The van der Waals surface area contributed by atoms with Crippen LogP contribution >= 0.6 is 23.2 Å². The van der Waals surface area contributed by atoms with Gasteiger partial charge in [0.1, 0.15) is 10.8 Å². The summed E-state index contributed by atoms with van der Waals surface area (Å²) in [7, 11) is 0. The molecule has 5 nitrogen and oxygen atoms in total. The van der Waals surface area contributed by atoms with E-state index < -0.39 is 11.5 Å². The highest BCUT2D eigenvalue weighted by Crippen LogP contribution is 2.20. The smallest absolute Gasteiger partial charge is 0.253 e. The molecule has 18 heavy (non-hydrogen) atoms. The molecule has 2 N–H and O–H groups in total. The SMILES string of the molecule is O=C(NCC1(O)CCOC1)c1cc(Cl)ncc1Cl. The van der Waals surface area contributed by atoms with Crippen LogP contribution in [-0.2, 0) is 4.74 Å². The number of rotatable bonds is 3. The van der Waals surface area contributed by atoms with Crippen LogP contribution < -0.4 is 5.32 Å². The Balaban J connectivity index is 2.01. The predicted octanol–water partition coefficient (Wildman–Crippen LogP) is 1.27. The summed E-state index contributed by atoms with van der Waals surface area (Å²) in [4.78, 5) is 15.6. The summed E-state index contributed by atoms with van der Waals surface area (Å²) in [6.45, 7) is 0.828. The second-order valence-electron chi connectivity index (χ2n) is 4.20. The van der Waals surface area contributed by atoms with Gasteiger partial charge in [0.25, 0.3) is 5.91 Å². The Hall–Kier alpha value is -0.880. The van der Waals surface area contributed by atoms with Crippen LogP contribution in [0.25, 0.3) is 0 Å². The summed E-state index contributed by atoms with van der Waals surface area (Å²) in [5.41, 5.74) is -0.766. The number of halogens is 2. The molecule has 0 aliphatic carbocycles. The molecular weight excluding hydrogens is 279 g/mol. The Bertz CT molecular complexity index is 462. The lowest BCUT2D eigenvalue weighted by Gasteiger charge is -2.20. The highest BCUT2D eigenvalue weighted by Gasteiger charge is 2.32. The molecule has 2 heterocycles. The van der Waals surface area contributed by atoms with Gasteiger partial charge in [-0.2, -0.15) is 0 Å². The third-order valence-corrected chi connectivity index (χ3v) is 3.23. The number of ether oxygens (including phenoxy) is 1. The van der Waals surface area contributed by atoms with Gasteiger partial charge in [-0.15, -0.1) is 0 Å². The topological polar surface area (TPSA) is 71.5 Å². The van der Waals surface area contributed by atoms with Crippen molar-refractivity contribution in [2.75, 3.05) is 19.8 Å². The van der Waals surface area contributed by atoms with E-state index in [0.29, 0.717) is 13.0 Å². The first-order valence-corrected chi connectivity index (χ1v) is 6.15. The molecule has 1 aliphatic heterocycles. The molecule has 1 fully saturated rings. The first-order valence-electron chi connectivity index (χ1n) is 5.40. The zero-order valence-electron chi connectivity index (χ0n) is 9.45. The monoisotopic (exact) mass is 290 g/mol. The molecule has 0 radical (unpaired) electrons. The predicted molar refractivity (Wildman–Crippen MR) is 67.0 cm³/mol. The van der Waals surface area contributed by atoms with Crippen LogP contribution in [-0.4, -0.2) is 41.4 Å². The van der Waals surface area contributed by atoms with Gasteiger partial charge in [0.05, 0.1) is 17.2 Å². The minimum absolute atomic E-state index is 0.113. The normalized spacial score (nSPS) is 23.1. The summed E-state index contributed by atoms with van der Waals surface area (Å²) in [5.74, 6) is -0.398. The van der Waals surface area contributed by atoms with Crippen molar-refractivity contribution in [2.45, 2.75) is 12.0 Å². The maximum Gasteiger partial charge on any atom is 0.253 e. The summed E-state index contributed by atoms with van der Waals surface area (Å²) >= 11 is 11.5. The summed E-state index contributed by atoms with van der Waals surface area (Å²) in [6.07, 6.45) is 1.81. The van der Waals surface area contributed by atoms with E-state index in [1.165, 1.54) is 12.3 Å². The Labute approximate surface area is 114 Å². The average Bonchev–Trinajstić information content (AvgIpc) is 2.77. The second kappa shape index (κ2) is 5.40. The maximum absolute atomic E-state index is 11.9. The van der Waals surface area contributed by atoms with Crippen molar-refractivity contribution in [1.82, 2.24) is 10.3 Å². The van der Waals surface area contributed by atoms with Crippen molar-refractivity contribution < 1.29 is 14.6 Å². The van der Waals surface area contributed by atoms with Crippen LogP contribution in [0.15, 0.2) is 12.3 Å². The number of carbonyl (C=O) groups is 1. The lowest BCUT2D eigenvalue weighted by Crippen LogP contribution is -2.43. The van der Waals surface area contributed by atoms with E-state index in [-0.39, 0.29) is 28.9 Å². The van der Waals surface area contributed by atoms with Crippen LogP contribution in [0.2, 0.25) is 10.2 Å². The number of aromatic nitrogens is 1. The number of hydrogen-bond donors (Lipinski definition) is 2. The molecule has 0 bridgehead atoms. The van der Waals surface area contributed by atoms with Gasteiger partial charge in [-0.1, -0.05) is 23.2 Å². The molecular formula is C11H12Cl2N2O3. The molecule has 98 valence electrons. The lowest BCUT2D eigenvalue weighted by molar-refractivity contribution is 0.0264. The molecule has 7 heteroatoms. The van der Waals surface area contributed by atoms with Gasteiger partial charge in [-0.05, 0) is 6.07 Å². The fraction of sp³-hybridized carbons (Fsp3) is 0.455. The van der Waals surface area contributed by atoms with Crippen molar-refractivity contribution >= 4 is 29.1 Å². The van der Waals surface area contributed by atoms with Crippen LogP contribution in [0, 0.1) is 0 Å². The molecule has 1 unspecified atom stereocenters. The minimum atomic E-state index is -1.00. The molecule has 0 saturated carbocycles. The Morgan fingerprint density at radius 1 is 1.61 bits per heavy atom. The van der Waals surface area contributed by atoms with Crippen molar-refractivity contribution in [3.05, 3.63) is 28.0 Å². The average molecular weight is 291 g/mol. The zero-order chi connectivity index (χ0) is 13.2. The first-order chi connectivity index (χ1) is 8.50. The van der Waals surface area contributed by atoms with Crippen molar-refractivity contribution in [3.63, 3.8) is 0 Å². The van der Waals surface area contributed by atoms with E-state index >= 15 is 0 Å². The van der Waals surface area contributed by atoms with E-state index in [2.05, 4.69) is 10.3 Å². The highest BCUT2D eigenvalue weighted by atomic mass is 35.5. The number of amides is 1. The van der Waals surface area contributed by atoms with E-state index in [0.717, 1.165) is 0 Å². The Morgan fingerprint density at radius 3 is 3.06 bits per heavy atom. The minimum Gasteiger partial charge on any atom is -0.386 e. The molecule has 0 spiro atoms. The maximum atomic E-state index is 11.9. The van der Waals surface area contributed by atoms with Crippen LogP contribution in [0.3, 0.4) is 0 Å². The molecule has 1 aliphatic rings. The number of pyridine rings is 1. The van der Waals surface area contributed by atoms with Crippen molar-refractivity contribution in [3.8, 4) is 0 Å². The van der Waals surface area contributed by atoms with Crippen LogP contribution in [0.5, 0.6) is 0 Å². The molecule has 0 aromatic carbocycles. The van der Waals surface area contributed by atoms with Gasteiger partial charge < -0.3 is 15.2 Å². The fourth-order valence-electron chi connectivity index (χ4n) is 1.66. The van der Waals surface area contributed by atoms with Gasteiger partial charge in [-0.25, -0.2) is 4.98 Å². The van der Waals surface area contributed by atoms with Crippen LogP contribution in [0.4, 0.5) is 0 Å². The number of carbonyl (C=O) groups excluding carboxylic acids is 1. The Kier molecular flexibility index (Phi) is 4.07. The van der Waals surface area contributed by atoms with Gasteiger partial charge in [0.15, 0.2) is 0 Å². The van der Waals surface area contributed by atoms with E-state index in [1.807, 2.05) is 0 Å². The van der Waals surface area contributed by atoms with Crippen molar-refractivity contribution in [2.24, 2.45) is 0 Å². The highest BCUT2D eigenvalue weighted by molar-refractivity contribution is 6.35. The van der Waals surface area contributed by atoms with E-state index in [1.54, 1.807) is 0 Å². The quantitative estimate of drug-likeness (QED) is 0.823. The molecule has 1 aromatic rings. The van der Waals surface area contributed by atoms with Crippen molar-refractivity contribution in [1.29, 1.82) is 0 Å². The standard InChI is InChI=1S/C11H12Cl2N2O3/c12-8-4-14-9(13)3-7(8)10(16)15-5-11(17)1-2-18-6-11/h3-4,17H,1-2,5-6H2,(H,15,16). The number of nitrogens with one attached hydrogen (secondary N) is 1. The van der Waals surface area contributed by atoms with Gasteiger partial charge in [0, 0.05) is 25.8 Å². The molecule has 1 saturated heterocycles. The number of aliphatic hydroxyl groups is 1. The number of nitrogens with zero attached hydrogens (tertiary/aromatic N) is 1. The fourth-order valence-corrected chi connectivity index (χ4v) is 2.01. The summed E-state index contributed by atoms with van der Waals surface area (Å²) in [5, 5.41) is 13.0. The van der Waals surface area contributed by atoms with Gasteiger partial charge >= 0.3 is 0 Å².